The molecule has 5 nitrogen and oxygen atoms in total. The molecule has 0 atom stereocenters. The summed E-state index contributed by atoms with van der Waals surface area (Å²) in [5, 5.41) is 4.30. The summed E-state index contributed by atoms with van der Waals surface area (Å²) in [6.45, 7) is 2.00. The molecular weight excluding hydrogens is 287 g/mol. The first-order valence-electron chi connectivity index (χ1n) is 6.29. The van der Waals surface area contributed by atoms with Crippen molar-refractivity contribution in [3.8, 4) is 0 Å². The Bertz CT molecular complexity index is 530. The number of nitrogens with one attached hydrogen (secondary N) is 2. The second-order valence-electron chi connectivity index (χ2n) is 4.26. The van der Waals surface area contributed by atoms with Crippen LogP contribution in [0, 0.1) is 0 Å². The quantitative estimate of drug-likeness (QED) is 0.778. The van der Waals surface area contributed by atoms with Gasteiger partial charge in [0.05, 0.1) is 0 Å². The minimum absolute atomic E-state index is 0.0439. The van der Waals surface area contributed by atoms with Crippen molar-refractivity contribution >= 4 is 23.2 Å². The molecule has 0 fully saturated rings. The van der Waals surface area contributed by atoms with Gasteiger partial charge in [-0.05, 0) is 24.1 Å². The molecule has 0 aliphatic carbocycles. The zero-order valence-electron chi connectivity index (χ0n) is 11.4. The minimum atomic E-state index is -4.97. The molecule has 0 bridgehead atoms. The van der Waals surface area contributed by atoms with Crippen molar-refractivity contribution in [3.05, 3.63) is 23.8 Å². The molecule has 1 aromatic rings. The van der Waals surface area contributed by atoms with Crippen LogP contribution in [0.2, 0.25) is 0 Å². The molecular formula is C13H16F3N3O2. The Hall–Kier alpha value is -2.09. The number of benzene rings is 1. The molecule has 0 saturated carbocycles. The monoisotopic (exact) mass is 303 g/mol. The number of anilines is 2. The number of alkyl halides is 3. The van der Waals surface area contributed by atoms with Gasteiger partial charge in [-0.15, -0.1) is 0 Å². The number of halogens is 3. The van der Waals surface area contributed by atoms with Crippen molar-refractivity contribution in [1.29, 1.82) is 0 Å². The number of carbonyl (C=O) groups is 2. The Morgan fingerprint density at radius 2 is 1.90 bits per heavy atom. The van der Waals surface area contributed by atoms with Gasteiger partial charge in [0.15, 0.2) is 0 Å². The average molecular weight is 303 g/mol. The van der Waals surface area contributed by atoms with Gasteiger partial charge in [-0.25, -0.2) is 0 Å². The lowest BCUT2D eigenvalue weighted by Crippen LogP contribution is -2.30. The summed E-state index contributed by atoms with van der Waals surface area (Å²) >= 11 is 0. The van der Waals surface area contributed by atoms with Crippen LogP contribution < -0.4 is 16.4 Å². The van der Waals surface area contributed by atoms with Crippen molar-refractivity contribution in [2.45, 2.75) is 25.9 Å². The van der Waals surface area contributed by atoms with Gasteiger partial charge in [0, 0.05) is 24.3 Å². The molecule has 0 aliphatic rings. The van der Waals surface area contributed by atoms with Crippen molar-refractivity contribution in [2.75, 3.05) is 17.2 Å². The van der Waals surface area contributed by atoms with Crippen LogP contribution in [-0.4, -0.2) is 24.5 Å². The first-order valence-corrected chi connectivity index (χ1v) is 6.29. The lowest BCUT2D eigenvalue weighted by atomic mass is 10.1. The third kappa shape index (κ3) is 5.07. The van der Waals surface area contributed by atoms with E-state index in [0.29, 0.717) is 12.1 Å². The molecule has 0 radical (unpaired) electrons. The molecule has 0 heterocycles. The molecule has 21 heavy (non-hydrogen) atoms. The van der Waals surface area contributed by atoms with Crippen molar-refractivity contribution in [3.63, 3.8) is 0 Å². The maximum absolute atomic E-state index is 12.2. The van der Waals surface area contributed by atoms with Crippen LogP contribution in [0.5, 0.6) is 0 Å². The second-order valence-corrected chi connectivity index (χ2v) is 4.26. The predicted octanol–water partition coefficient (Wildman–Crippen LogP) is 2.04. The standard InChI is InChI=1S/C13H16F3N3O2/c1-2-8-3-4-9(18-12(21)13(14,15)16)7-10(8)19-11(20)5-6-17/h3-4,7H,2,5-6,17H2,1H3,(H,18,21)(H,19,20). The maximum Gasteiger partial charge on any atom is 0.471 e. The summed E-state index contributed by atoms with van der Waals surface area (Å²) < 4.78 is 36.6. The van der Waals surface area contributed by atoms with Gasteiger partial charge in [-0.3, -0.25) is 9.59 Å². The summed E-state index contributed by atoms with van der Waals surface area (Å²) in [6, 6.07) is 4.18. The van der Waals surface area contributed by atoms with Gasteiger partial charge in [0.1, 0.15) is 0 Å². The average Bonchev–Trinajstić information content (AvgIpc) is 2.38. The second kappa shape index (κ2) is 7.07. The van der Waals surface area contributed by atoms with Gasteiger partial charge in [-0.2, -0.15) is 13.2 Å². The van der Waals surface area contributed by atoms with E-state index < -0.39 is 12.1 Å². The molecule has 4 N–H and O–H groups in total. The molecule has 0 saturated heterocycles. The van der Waals surface area contributed by atoms with E-state index >= 15 is 0 Å². The van der Waals surface area contributed by atoms with Gasteiger partial charge >= 0.3 is 12.1 Å². The highest BCUT2D eigenvalue weighted by Crippen LogP contribution is 2.24. The molecule has 0 aliphatic heterocycles. The number of hydrogen-bond acceptors (Lipinski definition) is 3. The van der Waals surface area contributed by atoms with Gasteiger partial charge < -0.3 is 16.4 Å². The van der Waals surface area contributed by atoms with E-state index in [-0.39, 0.29) is 24.6 Å². The molecule has 1 aromatic carbocycles. The van der Waals surface area contributed by atoms with Gasteiger partial charge in [-0.1, -0.05) is 13.0 Å². The van der Waals surface area contributed by atoms with E-state index in [1.807, 2.05) is 6.92 Å². The summed E-state index contributed by atoms with van der Waals surface area (Å²) in [4.78, 5) is 22.4. The molecule has 2 amide bonds. The normalized spacial score (nSPS) is 11.1. The van der Waals surface area contributed by atoms with E-state index in [2.05, 4.69) is 5.32 Å². The number of nitrogens with two attached hydrogens (primary N) is 1. The molecule has 0 unspecified atom stereocenters. The smallest absolute Gasteiger partial charge is 0.330 e. The highest BCUT2D eigenvalue weighted by molar-refractivity contribution is 5.97. The third-order valence-corrected chi connectivity index (χ3v) is 2.65. The SMILES string of the molecule is CCc1ccc(NC(=O)C(F)(F)F)cc1NC(=O)CCN. The van der Waals surface area contributed by atoms with Gasteiger partial charge in [0.2, 0.25) is 5.91 Å². The maximum atomic E-state index is 12.2. The minimum Gasteiger partial charge on any atom is -0.330 e. The van der Waals surface area contributed by atoms with E-state index in [1.54, 1.807) is 11.4 Å². The van der Waals surface area contributed by atoms with Gasteiger partial charge in [0.25, 0.3) is 0 Å². The Kier molecular flexibility index (Phi) is 5.71. The van der Waals surface area contributed by atoms with Crippen LogP contribution >= 0.6 is 0 Å². The van der Waals surface area contributed by atoms with Crippen LogP contribution in [0.3, 0.4) is 0 Å². The van der Waals surface area contributed by atoms with Crippen molar-refractivity contribution in [1.82, 2.24) is 0 Å². The molecule has 8 heteroatoms. The Balaban J connectivity index is 2.94. The third-order valence-electron chi connectivity index (χ3n) is 2.65. The first-order chi connectivity index (χ1) is 9.77. The Morgan fingerprint density at radius 1 is 1.24 bits per heavy atom. The Morgan fingerprint density at radius 3 is 2.43 bits per heavy atom. The largest absolute Gasteiger partial charge is 0.471 e. The van der Waals surface area contributed by atoms with E-state index in [1.165, 1.54) is 12.1 Å². The van der Waals surface area contributed by atoms with Crippen LogP contribution in [0.1, 0.15) is 18.9 Å². The van der Waals surface area contributed by atoms with E-state index in [4.69, 9.17) is 5.73 Å². The summed E-state index contributed by atoms with van der Waals surface area (Å²) in [7, 11) is 0. The fourth-order valence-electron chi connectivity index (χ4n) is 1.62. The van der Waals surface area contributed by atoms with Crippen LogP contribution in [0.4, 0.5) is 24.5 Å². The highest BCUT2D eigenvalue weighted by Gasteiger charge is 2.38. The molecule has 116 valence electrons. The number of aryl methyl sites for hydroxylation is 1. The fourth-order valence-corrected chi connectivity index (χ4v) is 1.62. The summed E-state index contributed by atoms with van der Waals surface area (Å²) in [5.74, 6) is -2.41. The molecule has 0 spiro atoms. The fraction of sp³-hybridized carbons (Fsp3) is 0.385. The van der Waals surface area contributed by atoms with Crippen LogP contribution in [0.15, 0.2) is 18.2 Å². The summed E-state index contributed by atoms with van der Waals surface area (Å²) in [6.07, 6.45) is -4.29. The van der Waals surface area contributed by atoms with E-state index in [0.717, 1.165) is 5.56 Å². The number of amides is 2. The van der Waals surface area contributed by atoms with Crippen molar-refractivity contribution in [2.24, 2.45) is 5.73 Å². The Labute approximate surface area is 119 Å². The first kappa shape index (κ1) is 17.0. The summed E-state index contributed by atoms with van der Waals surface area (Å²) in [5.41, 5.74) is 6.31. The van der Waals surface area contributed by atoms with Crippen LogP contribution in [0.25, 0.3) is 0 Å². The van der Waals surface area contributed by atoms with Crippen molar-refractivity contribution < 1.29 is 22.8 Å². The number of hydrogen-bond donors (Lipinski definition) is 3. The number of carbonyl (C=O) groups excluding carboxylic acids is 2. The predicted molar refractivity (Wildman–Crippen MR) is 72.8 cm³/mol. The topological polar surface area (TPSA) is 84.2 Å². The molecule has 0 aromatic heterocycles. The zero-order chi connectivity index (χ0) is 16.0. The van der Waals surface area contributed by atoms with E-state index in [9.17, 15) is 22.8 Å². The highest BCUT2D eigenvalue weighted by atomic mass is 19.4. The lowest BCUT2D eigenvalue weighted by molar-refractivity contribution is -0.167. The number of rotatable bonds is 5. The lowest BCUT2D eigenvalue weighted by Gasteiger charge is -2.13. The zero-order valence-corrected chi connectivity index (χ0v) is 11.4. The van der Waals surface area contributed by atoms with Crippen LogP contribution in [-0.2, 0) is 16.0 Å². The molecule has 1 rings (SSSR count).